The van der Waals surface area contributed by atoms with E-state index in [2.05, 4.69) is 15.3 Å². The van der Waals surface area contributed by atoms with Gasteiger partial charge in [-0.3, -0.25) is 4.79 Å². The van der Waals surface area contributed by atoms with Crippen LogP contribution < -0.4 is 5.32 Å². The van der Waals surface area contributed by atoms with Crippen LogP contribution in [0.4, 0.5) is 5.95 Å². The van der Waals surface area contributed by atoms with Crippen molar-refractivity contribution in [2.24, 2.45) is 0 Å². The molecule has 0 saturated carbocycles. The molecule has 1 N–H and O–H groups in total. The molecule has 7 heteroatoms. The maximum absolute atomic E-state index is 12.5. The number of ether oxygens (including phenoxy) is 2. The van der Waals surface area contributed by atoms with Crippen LogP contribution in [0, 0.1) is 0 Å². The number of nitrogens with one attached hydrogen (secondary N) is 1. The van der Waals surface area contributed by atoms with Crippen molar-refractivity contribution in [3.8, 4) is 0 Å². The molecule has 2 saturated heterocycles. The van der Waals surface area contributed by atoms with Crippen molar-refractivity contribution in [1.82, 2.24) is 14.9 Å². The zero-order chi connectivity index (χ0) is 15.6. The number of anilines is 1. The van der Waals surface area contributed by atoms with E-state index in [-0.39, 0.29) is 11.9 Å². The Balaban J connectivity index is 1.60. The number of aromatic nitrogens is 2. The zero-order valence-corrected chi connectivity index (χ0v) is 13.0. The Bertz CT molecular complexity index is 516. The molecule has 2 aliphatic heterocycles. The van der Waals surface area contributed by atoms with E-state index in [4.69, 9.17) is 9.47 Å². The molecule has 2 aliphatic rings. The highest BCUT2D eigenvalue weighted by Crippen LogP contribution is 2.31. The van der Waals surface area contributed by atoms with E-state index in [1.807, 2.05) is 18.7 Å². The van der Waals surface area contributed by atoms with Gasteiger partial charge in [0.05, 0.1) is 18.8 Å². The summed E-state index contributed by atoms with van der Waals surface area (Å²) in [5, 5.41) is 3.10. The molecule has 7 nitrogen and oxygen atoms in total. The van der Waals surface area contributed by atoms with Gasteiger partial charge in [-0.2, -0.15) is 0 Å². The molecule has 3 rings (SSSR count). The summed E-state index contributed by atoms with van der Waals surface area (Å²) in [6.45, 7) is 6.58. The molecular weight excluding hydrogens is 284 g/mol. The quantitative estimate of drug-likeness (QED) is 0.906. The summed E-state index contributed by atoms with van der Waals surface area (Å²) < 4.78 is 11.3. The van der Waals surface area contributed by atoms with Crippen LogP contribution in [0.2, 0.25) is 0 Å². The van der Waals surface area contributed by atoms with Crippen molar-refractivity contribution < 1.29 is 14.3 Å². The normalized spacial score (nSPS) is 20.6. The second kappa shape index (κ2) is 6.18. The van der Waals surface area contributed by atoms with Gasteiger partial charge in [-0.15, -0.1) is 0 Å². The van der Waals surface area contributed by atoms with Crippen LogP contribution in [0.15, 0.2) is 12.4 Å². The lowest BCUT2D eigenvalue weighted by Gasteiger charge is -2.37. The summed E-state index contributed by atoms with van der Waals surface area (Å²) in [7, 11) is 0. The first-order valence-corrected chi connectivity index (χ1v) is 7.74. The van der Waals surface area contributed by atoms with Crippen LogP contribution in [-0.4, -0.2) is 58.9 Å². The third-order valence-electron chi connectivity index (χ3n) is 3.94. The fourth-order valence-electron chi connectivity index (χ4n) is 2.79. The van der Waals surface area contributed by atoms with Gasteiger partial charge in [0.25, 0.3) is 5.91 Å². The van der Waals surface area contributed by atoms with E-state index in [1.165, 1.54) is 0 Å². The minimum absolute atomic E-state index is 0.0380. The van der Waals surface area contributed by atoms with Gasteiger partial charge in [0.15, 0.2) is 5.79 Å². The maximum atomic E-state index is 12.5. The number of amides is 1. The number of hydrogen-bond acceptors (Lipinski definition) is 6. The SMILES string of the molecule is CC(C)Nc1ncc(C(=O)N2CCC3(CC2)OCCO3)cn1. The average molecular weight is 306 g/mol. The molecule has 2 fully saturated rings. The molecule has 0 bridgehead atoms. The van der Waals surface area contributed by atoms with Crippen LogP contribution in [0.3, 0.4) is 0 Å². The maximum Gasteiger partial charge on any atom is 0.256 e. The molecule has 1 amide bonds. The van der Waals surface area contributed by atoms with E-state index < -0.39 is 5.79 Å². The van der Waals surface area contributed by atoms with Crippen LogP contribution >= 0.6 is 0 Å². The molecule has 0 atom stereocenters. The summed E-state index contributed by atoms with van der Waals surface area (Å²) in [6.07, 6.45) is 4.58. The number of rotatable bonds is 3. The molecule has 1 spiro atoms. The first-order chi connectivity index (χ1) is 10.6. The molecule has 22 heavy (non-hydrogen) atoms. The van der Waals surface area contributed by atoms with Crippen molar-refractivity contribution in [3.05, 3.63) is 18.0 Å². The third-order valence-corrected chi connectivity index (χ3v) is 3.94. The van der Waals surface area contributed by atoms with Gasteiger partial charge in [-0.1, -0.05) is 0 Å². The van der Waals surface area contributed by atoms with Crippen LogP contribution in [0.1, 0.15) is 37.0 Å². The Labute approximate surface area is 130 Å². The Morgan fingerprint density at radius 3 is 2.36 bits per heavy atom. The Hall–Kier alpha value is -1.73. The van der Waals surface area contributed by atoms with Gasteiger partial charge in [-0.05, 0) is 13.8 Å². The van der Waals surface area contributed by atoms with Crippen molar-refractivity contribution in [2.75, 3.05) is 31.6 Å². The molecule has 1 aromatic rings. The third kappa shape index (κ3) is 3.20. The number of carbonyl (C=O) groups is 1. The zero-order valence-electron chi connectivity index (χ0n) is 13.0. The highest BCUT2D eigenvalue weighted by molar-refractivity contribution is 5.93. The molecule has 0 radical (unpaired) electrons. The van der Waals surface area contributed by atoms with Crippen molar-refractivity contribution in [2.45, 2.75) is 38.5 Å². The summed E-state index contributed by atoms with van der Waals surface area (Å²) in [5.74, 6) is 0.0408. The van der Waals surface area contributed by atoms with Gasteiger partial charge in [0, 0.05) is 44.4 Å². The lowest BCUT2D eigenvalue weighted by molar-refractivity contribution is -0.181. The second-order valence-electron chi connectivity index (χ2n) is 5.99. The van der Waals surface area contributed by atoms with Crippen LogP contribution in [0.25, 0.3) is 0 Å². The summed E-state index contributed by atoms with van der Waals surface area (Å²) in [6, 6.07) is 0.256. The van der Waals surface area contributed by atoms with E-state index in [0.717, 1.165) is 0 Å². The predicted molar refractivity (Wildman–Crippen MR) is 80.6 cm³/mol. The lowest BCUT2D eigenvalue weighted by atomic mass is 10.0. The van der Waals surface area contributed by atoms with Crippen LogP contribution in [-0.2, 0) is 9.47 Å². The summed E-state index contributed by atoms with van der Waals surface area (Å²) in [5.41, 5.74) is 0.513. The standard InChI is InChI=1S/C15H22N4O3/c1-11(2)18-14-16-9-12(10-17-14)13(20)19-5-3-15(4-6-19)21-7-8-22-15/h9-11H,3-8H2,1-2H3,(H,16,17,18). The van der Waals surface area contributed by atoms with E-state index >= 15 is 0 Å². The fraction of sp³-hybridized carbons (Fsp3) is 0.667. The first-order valence-electron chi connectivity index (χ1n) is 7.74. The van der Waals surface area contributed by atoms with Crippen molar-refractivity contribution >= 4 is 11.9 Å². The monoisotopic (exact) mass is 306 g/mol. The van der Waals surface area contributed by atoms with Gasteiger partial charge in [0.1, 0.15) is 0 Å². The van der Waals surface area contributed by atoms with E-state index in [1.54, 1.807) is 12.4 Å². The van der Waals surface area contributed by atoms with Crippen LogP contribution in [0.5, 0.6) is 0 Å². The van der Waals surface area contributed by atoms with Gasteiger partial charge < -0.3 is 19.7 Å². The topological polar surface area (TPSA) is 76.6 Å². The molecule has 1 aromatic heterocycles. The Morgan fingerprint density at radius 1 is 1.23 bits per heavy atom. The molecule has 0 unspecified atom stereocenters. The highest BCUT2D eigenvalue weighted by Gasteiger charge is 2.40. The second-order valence-corrected chi connectivity index (χ2v) is 5.99. The molecular formula is C15H22N4O3. The highest BCUT2D eigenvalue weighted by atomic mass is 16.7. The predicted octanol–water partition coefficient (Wildman–Crippen LogP) is 1.28. The molecule has 3 heterocycles. The molecule has 0 aromatic carbocycles. The Morgan fingerprint density at radius 2 is 1.82 bits per heavy atom. The van der Waals surface area contributed by atoms with Crippen molar-refractivity contribution in [1.29, 1.82) is 0 Å². The lowest BCUT2D eigenvalue weighted by Crippen LogP contribution is -2.47. The number of piperidine rings is 1. The minimum Gasteiger partial charge on any atom is -0.352 e. The van der Waals surface area contributed by atoms with Gasteiger partial charge in [0.2, 0.25) is 5.95 Å². The molecule has 0 aliphatic carbocycles. The first kappa shape index (κ1) is 15.2. The van der Waals surface area contributed by atoms with Gasteiger partial charge >= 0.3 is 0 Å². The number of likely N-dealkylation sites (tertiary alicyclic amines) is 1. The number of carbonyl (C=O) groups excluding carboxylic acids is 1. The average Bonchev–Trinajstić information content (AvgIpc) is 2.96. The van der Waals surface area contributed by atoms with Crippen molar-refractivity contribution in [3.63, 3.8) is 0 Å². The number of nitrogens with zero attached hydrogens (tertiary/aromatic N) is 3. The fourth-order valence-corrected chi connectivity index (χ4v) is 2.79. The molecule has 120 valence electrons. The van der Waals surface area contributed by atoms with E-state index in [0.29, 0.717) is 50.7 Å². The summed E-state index contributed by atoms with van der Waals surface area (Å²) >= 11 is 0. The minimum atomic E-state index is -0.460. The Kier molecular flexibility index (Phi) is 4.26. The van der Waals surface area contributed by atoms with Gasteiger partial charge in [-0.25, -0.2) is 9.97 Å². The number of hydrogen-bond donors (Lipinski definition) is 1. The smallest absolute Gasteiger partial charge is 0.256 e. The summed E-state index contributed by atoms with van der Waals surface area (Å²) in [4.78, 5) is 22.7. The largest absolute Gasteiger partial charge is 0.352 e. The van der Waals surface area contributed by atoms with E-state index in [9.17, 15) is 4.79 Å².